The second kappa shape index (κ2) is 8.26. The lowest BCUT2D eigenvalue weighted by molar-refractivity contribution is 0.0987. The fourth-order valence-corrected chi connectivity index (χ4v) is 3.99. The number of hydrogen-bond acceptors (Lipinski definition) is 4. The Morgan fingerprint density at radius 1 is 1.18 bits per heavy atom. The minimum absolute atomic E-state index is 0. The number of thiazole rings is 1. The van der Waals surface area contributed by atoms with E-state index in [1.807, 2.05) is 43.3 Å². The molecule has 0 radical (unpaired) electrons. The van der Waals surface area contributed by atoms with Gasteiger partial charge < -0.3 is 9.88 Å². The summed E-state index contributed by atoms with van der Waals surface area (Å²) in [5, 5.41) is 1.46. The van der Waals surface area contributed by atoms with Crippen LogP contribution in [0.5, 0.6) is 0 Å². The Kier molecular flexibility index (Phi) is 5.98. The van der Waals surface area contributed by atoms with Crippen LogP contribution in [0.1, 0.15) is 10.4 Å². The van der Waals surface area contributed by atoms with Crippen molar-refractivity contribution in [3.8, 4) is 0 Å². The molecule has 0 atom stereocenters. The van der Waals surface area contributed by atoms with Gasteiger partial charge in [-0.3, -0.25) is 9.69 Å². The first-order valence-electron chi connectivity index (χ1n) is 8.62. The number of carbonyl (C=O) groups is 1. The topological polar surface area (TPSA) is 52.2 Å². The van der Waals surface area contributed by atoms with Crippen molar-refractivity contribution in [1.82, 2.24) is 14.9 Å². The number of likely N-dealkylation sites (N-methyl/N-ethyl adjacent to an activating group) is 1. The third-order valence-electron chi connectivity index (χ3n) is 4.41. The van der Waals surface area contributed by atoms with Gasteiger partial charge in [-0.25, -0.2) is 9.37 Å². The summed E-state index contributed by atoms with van der Waals surface area (Å²) in [6.07, 6.45) is 1.74. The van der Waals surface area contributed by atoms with Crippen LogP contribution in [0.25, 0.3) is 21.1 Å². The van der Waals surface area contributed by atoms with E-state index in [2.05, 4.69) is 9.97 Å². The molecule has 146 valence electrons. The molecule has 8 heteroatoms. The highest BCUT2D eigenvalue weighted by atomic mass is 35.5. The van der Waals surface area contributed by atoms with Gasteiger partial charge >= 0.3 is 0 Å². The minimum atomic E-state index is -0.305. The van der Waals surface area contributed by atoms with Crippen molar-refractivity contribution < 1.29 is 9.18 Å². The minimum Gasteiger partial charge on any atom is -0.360 e. The number of fused-ring (bicyclic) bond motifs is 2. The summed E-state index contributed by atoms with van der Waals surface area (Å²) in [5.74, 6) is -0.422. The average Bonchev–Trinajstić information content (AvgIpc) is 3.25. The van der Waals surface area contributed by atoms with Crippen molar-refractivity contribution in [3.63, 3.8) is 0 Å². The molecule has 28 heavy (non-hydrogen) atoms. The number of anilines is 1. The van der Waals surface area contributed by atoms with E-state index in [-0.39, 0.29) is 24.1 Å². The third-order valence-corrected chi connectivity index (χ3v) is 5.45. The van der Waals surface area contributed by atoms with E-state index in [0.29, 0.717) is 29.3 Å². The van der Waals surface area contributed by atoms with Crippen molar-refractivity contribution in [2.75, 3.05) is 32.1 Å². The fraction of sp³-hybridized carbons (Fsp3) is 0.200. The van der Waals surface area contributed by atoms with E-state index in [0.717, 1.165) is 15.6 Å². The number of nitrogens with zero attached hydrogens (tertiary/aromatic N) is 3. The molecule has 2 aromatic heterocycles. The number of nitrogens with one attached hydrogen (secondary N) is 1. The molecule has 0 aliphatic carbocycles. The first-order valence-corrected chi connectivity index (χ1v) is 9.43. The maximum atomic E-state index is 13.5. The molecule has 0 aliphatic heterocycles. The van der Waals surface area contributed by atoms with Crippen molar-refractivity contribution in [2.45, 2.75) is 0 Å². The van der Waals surface area contributed by atoms with E-state index in [9.17, 15) is 9.18 Å². The molecule has 0 fully saturated rings. The first-order chi connectivity index (χ1) is 13.0. The molecule has 4 rings (SSSR count). The van der Waals surface area contributed by atoms with Gasteiger partial charge in [-0.2, -0.15) is 0 Å². The predicted octanol–water partition coefficient (Wildman–Crippen LogP) is 4.55. The standard InChI is InChI=1S/C20H19FN4OS.ClH/c1-24(2)9-10-25(20-23-17-8-7-13(21)11-18(17)27-20)19(26)15-12-22-16-6-4-3-5-14(15)16;/h3-8,11-12,22H,9-10H2,1-2H3;1H. The molecule has 0 aliphatic rings. The van der Waals surface area contributed by atoms with Gasteiger partial charge in [0, 0.05) is 30.2 Å². The van der Waals surface area contributed by atoms with Crippen LogP contribution in [0.3, 0.4) is 0 Å². The SMILES string of the molecule is CN(C)CCN(C(=O)c1c[nH]c2ccccc12)c1nc2ccc(F)cc2s1.Cl. The molecule has 0 bridgehead atoms. The molecule has 2 aromatic carbocycles. The van der Waals surface area contributed by atoms with Crippen molar-refractivity contribution >= 4 is 55.9 Å². The Bertz CT molecular complexity index is 1120. The number of benzene rings is 2. The molecule has 0 spiro atoms. The zero-order valence-electron chi connectivity index (χ0n) is 15.5. The molecule has 5 nitrogen and oxygen atoms in total. The second-order valence-electron chi connectivity index (χ2n) is 6.62. The van der Waals surface area contributed by atoms with Crippen LogP contribution in [0.4, 0.5) is 9.52 Å². The lowest BCUT2D eigenvalue weighted by Gasteiger charge is -2.21. The highest BCUT2D eigenvalue weighted by Gasteiger charge is 2.23. The monoisotopic (exact) mass is 418 g/mol. The summed E-state index contributed by atoms with van der Waals surface area (Å²) in [6.45, 7) is 1.19. The van der Waals surface area contributed by atoms with Gasteiger partial charge in [0.2, 0.25) is 0 Å². The number of amides is 1. The molecule has 0 saturated carbocycles. The van der Waals surface area contributed by atoms with E-state index in [1.165, 1.54) is 23.5 Å². The van der Waals surface area contributed by atoms with Gasteiger partial charge in [-0.1, -0.05) is 29.5 Å². The van der Waals surface area contributed by atoms with Gasteiger partial charge in [0.25, 0.3) is 5.91 Å². The Morgan fingerprint density at radius 3 is 2.75 bits per heavy atom. The van der Waals surface area contributed by atoms with Crippen LogP contribution >= 0.6 is 23.7 Å². The predicted molar refractivity (Wildman–Crippen MR) is 115 cm³/mol. The summed E-state index contributed by atoms with van der Waals surface area (Å²) in [5.41, 5.74) is 2.22. The van der Waals surface area contributed by atoms with Crippen LogP contribution in [0.2, 0.25) is 0 Å². The van der Waals surface area contributed by atoms with Gasteiger partial charge in [0.05, 0.1) is 15.8 Å². The normalized spacial score (nSPS) is 11.1. The van der Waals surface area contributed by atoms with E-state index in [1.54, 1.807) is 17.2 Å². The van der Waals surface area contributed by atoms with Crippen molar-refractivity contribution in [2.24, 2.45) is 0 Å². The molecular formula is C20H20ClFN4OS. The Labute approximate surface area is 172 Å². The maximum absolute atomic E-state index is 13.5. The smallest absolute Gasteiger partial charge is 0.262 e. The number of para-hydroxylation sites is 1. The van der Waals surface area contributed by atoms with E-state index in [4.69, 9.17) is 0 Å². The first kappa shape index (κ1) is 20.3. The van der Waals surface area contributed by atoms with Crippen molar-refractivity contribution in [3.05, 3.63) is 60.0 Å². The number of aromatic amines is 1. The molecule has 2 heterocycles. The van der Waals surface area contributed by atoms with E-state index >= 15 is 0 Å². The number of halogens is 2. The van der Waals surface area contributed by atoms with Gasteiger partial charge in [0.15, 0.2) is 5.13 Å². The van der Waals surface area contributed by atoms with Crippen LogP contribution in [0, 0.1) is 5.82 Å². The molecule has 1 amide bonds. The van der Waals surface area contributed by atoms with Gasteiger partial charge in [0.1, 0.15) is 5.82 Å². The van der Waals surface area contributed by atoms with Gasteiger partial charge in [-0.05, 0) is 38.4 Å². The summed E-state index contributed by atoms with van der Waals surface area (Å²) < 4.78 is 14.3. The van der Waals surface area contributed by atoms with E-state index < -0.39 is 0 Å². The number of hydrogen-bond donors (Lipinski definition) is 1. The lowest BCUT2D eigenvalue weighted by atomic mass is 10.1. The van der Waals surface area contributed by atoms with Crippen LogP contribution in [0.15, 0.2) is 48.7 Å². The summed E-state index contributed by atoms with van der Waals surface area (Å²) >= 11 is 1.33. The summed E-state index contributed by atoms with van der Waals surface area (Å²) in [6, 6.07) is 12.2. The number of aromatic nitrogens is 2. The fourth-order valence-electron chi connectivity index (χ4n) is 2.98. The maximum Gasteiger partial charge on any atom is 0.262 e. The molecule has 4 aromatic rings. The average molecular weight is 419 g/mol. The van der Waals surface area contributed by atoms with Gasteiger partial charge in [-0.15, -0.1) is 12.4 Å². The zero-order chi connectivity index (χ0) is 19.0. The molecule has 0 unspecified atom stereocenters. The molecular weight excluding hydrogens is 399 g/mol. The zero-order valence-corrected chi connectivity index (χ0v) is 17.1. The Hall–Kier alpha value is -2.48. The Morgan fingerprint density at radius 2 is 1.96 bits per heavy atom. The third kappa shape index (κ3) is 3.87. The Balaban J connectivity index is 0.00000225. The van der Waals surface area contributed by atoms with Crippen LogP contribution < -0.4 is 4.90 Å². The number of carbonyl (C=O) groups excluding carboxylic acids is 1. The van der Waals surface area contributed by atoms with Crippen molar-refractivity contribution in [1.29, 1.82) is 0 Å². The molecule has 1 N–H and O–H groups in total. The molecule has 0 saturated heterocycles. The highest BCUT2D eigenvalue weighted by molar-refractivity contribution is 7.22. The lowest BCUT2D eigenvalue weighted by Crippen LogP contribution is -2.36. The largest absolute Gasteiger partial charge is 0.360 e. The second-order valence-corrected chi connectivity index (χ2v) is 7.63. The van der Waals surface area contributed by atoms with Crippen LogP contribution in [-0.4, -0.2) is 48.0 Å². The summed E-state index contributed by atoms with van der Waals surface area (Å²) in [7, 11) is 3.92. The summed E-state index contributed by atoms with van der Waals surface area (Å²) in [4.78, 5) is 24.8. The number of rotatable bonds is 5. The quantitative estimate of drug-likeness (QED) is 0.517. The number of H-pyrrole nitrogens is 1. The highest BCUT2D eigenvalue weighted by Crippen LogP contribution is 2.31. The van der Waals surface area contributed by atoms with Crippen LogP contribution in [-0.2, 0) is 0 Å².